The van der Waals surface area contributed by atoms with E-state index in [0.29, 0.717) is 11.8 Å². The molecule has 0 bridgehead atoms. The Balaban J connectivity index is 1.06. The van der Waals surface area contributed by atoms with Crippen LogP contribution in [0.5, 0.6) is 23.0 Å². The van der Waals surface area contributed by atoms with E-state index in [0.717, 1.165) is 67.7 Å². The van der Waals surface area contributed by atoms with E-state index < -0.39 is 0 Å². The fourth-order valence-corrected chi connectivity index (χ4v) is 11.1. The minimum Gasteiger partial charge on any atom is -0.496 e. The van der Waals surface area contributed by atoms with Crippen molar-refractivity contribution in [3.8, 4) is 23.0 Å². The Morgan fingerprint density at radius 2 is 0.797 bits per heavy atom. The van der Waals surface area contributed by atoms with Crippen molar-refractivity contribution < 1.29 is 14.2 Å². The molecule has 0 aliphatic heterocycles. The standard InChI is InChI=1S/C54H72Br2O3/c1-5-7-9-11-13-15-39-17-25-43(26-18-39)45-29-21-41(22-30-45)37-47-49(57-3)33-35-51(53(47)55)59-52-36-34-50(58-4)48(54(52)56)38-42-23-31-46(32-24-42)44-27-19-40(20-28-44)16-14-12-10-8-6-2/h21-24,29-36,39-40,43-44H,5-20,25-28,37-38H2,1-4H3. The fraction of sp³-hybridized carbons (Fsp3) is 0.556. The predicted molar refractivity (Wildman–Crippen MR) is 256 cm³/mol. The van der Waals surface area contributed by atoms with Crippen molar-refractivity contribution >= 4 is 31.9 Å². The topological polar surface area (TPSA) is 27.7 Å². The van der Waals surface area contributed by atoms with Gasteiger partial charge in [-0.1, -0.05) is 139 Å². The third-order valence-corrected chi connectivity index (χ3v) is 15.5. The average molecular weight is 929 g/mol. The van der Waals surface area contributed by atoms with E-state index in [-0.39, 0.29) is 0 Å². The second-order valence-electron chi connectivity index (χ2n) is 17.9. The van der Waals surface area contributed by atoms with Gasteiger partial charge in [0.25, 0.3) is 0 Å². The van der Waals surface area contributed by atoms with E-state index in [1.807, 2.05) is 24.3 Å². The highest BCUT2D eigenvalue weighted by Gasteiger charge is 2.24. The minimum atomic E-state index is 0.690. The number of hydrogen-bond donors (Lipinski definition) is 0. The molecule has 0 amide bonds. The Morgan fingerprint density at radius 3 is 1.15 bits per heavy atom. The van der Waals surface area contributed by atoms with E-state index in [9.17, 15) is 0 Å². The summed E-state index contributed by atoms with van der Waals surface area (Å²) in [6.45, 7) is 4.60. The van der Waals surface area contributed by atoms with Gasteiger partial charge in [0, 0.05) is 24.0 Å². The van der Waals surface area contributed by atoms with E-state index >= 15 is 0 Å². The summed E-state index contributed by atoms with van der Waals surface area (Å²) in [5.74, 6) is 6.46. The van der Waals surface area contributed by atoms with Gasteiger partial charge in [-0.05, 0) is 153 Å². The molecule has 4 aromatic rings. The van der Waals surface area contributed by atoms with Crippen molar-refractivity contribution in [1.29, 1.82) is 0 Å². The van der Waals surface area contributed by atoms with Crippen LogP contribution in [0.3, 0.4) is 0 Å². The first-order valence-electron chi connectivity index (χ1n) is 23.5. The number of rotatable bonds is 22. The Labute approximate surface area is 375 Å². The van der Waals surface area contributed by atoms with Gasteiger partial charge in [-0.2, -0.15) is 0 Å². The fourth-order valence-electron chi connectivity index (χ4n) is 10.0. The molecule has 0 aromatic heterocycles. The van der Waals surface area contributed by atoms with Crippen molar-refractivity contribution in [3.63, 3.8) is 0 Å². The van der Waals surface area contributed by atoms with Crippen LogP contribution in [0.4, 0.5) is 0 Å². The molecule has 2 fully saturated rings. The lowest BCUT2D eigenvalue weighted by atomic mass is 9.77. The molecule has 2 aliphatic rings. The largest absolute Gasteiger partial charge is 0.496 e. The summed E-state index contributed by atoms with van der Waals surface area (Å²) in [6.07, 6.45) is 29.1. The zero-order valence-corrected chi connectivity index (χ0v) is 39.9. The second-order valence-corrected chi connectivity index (χ2v) is 19.5. The van der Waals surface area contributed by atoms with Crippen LogP contribution in [0.15, 0.2) is 81.7 Å². The van der Waals surface area contributed by atoms with Crippen LogP contribution in [-0.2, 0) is 12.8 Å². The second kappa shape index (κ2) is 24.0. The highest BCUT2D eigenvalue weighted by molar-refractivity contribution is 9.11. The first kappa shape index (κ1) is 45.8. The van der Waals surface area contributed by atoms with Crippen molar-refractivity contribution in [3.05, 3.63) is 115 Å². The summed E-state index contributed by atoms with van der Waals surface area (Å²) in [7, 11) is 3.49. The molecule has 320 valence electrons. The lowest BCUT2D eigenvalue weighted by Crippen LogP contribution is -2.13. The number of unbranched alkanes of at least 4 members (excludes halogenated alkanes) is 8. The molecule has 59 heavy (non-hydrogen) atoms. The van der Waals surface area contributed by atoms with Crippen LogP contribution in [0.1, 0.15) is 187 Å². The maximum Gasteiger partial charge on any atom is 0.142 e. The molecule has 0 N–H and O–H groups in total. The normalized spacial score (nSPS) is 19.4. The predicted octanol–water partition coefficient (Wildman–Crippen LogP) is 17.5. The van der Waals surface area contributed by atoms with Crippen molar-refractivity contribution in [2.24, 2.45) is 11.8 Å². The average Bonchev–Trinajstić information content (AvgIpc) is 3.27. The maximum atomic E-state index is 6.69. The monoisotopic (exact) mass is 926 g/mol. The molecule has 2 saturated carbocycles. The zero-order chi connectivity index (χ0) is 41.4. The molecular formula is C54H72Br2O3. The van der Waals surface area contributed by atoms with Gasteiger partial charge < -0.3 is 14.2 Å². The molecule has 2 aliphatic carbocycles. The first-order chi connectivity index (χ1) is 28.9. The zero-order valence-electron chi connectivity index (χ0n) is 36.8. The molecule has 0 heterocycles. The summed E-state index contributed by atoms with van der Waals surface area (Å²) < 4.78 is 20.3. The number of ether oxygens (including phenoxy) is 3. The van der Waals surface area contributed by atoms with E-state index in [4.69, 9.17) is 14.2 Å². The van der Waals surface area contributed by atoms with Gasteiger partial charge in [0.1, 0.15) is 23.0 Å². The minimum absolute atomic E-state index is 0.690. The third kappa shape index (κ3) is 13.1. The van der Waals surface area contributed by atoms with Crippen LogP contribution in [0, 0.1) is 11.8 Å². The molecule has 0 spiro atoms. The van der Waals surface area contributed by atoms with Gasteiger partial charge in [0.15, 0.2) is 0 Å². The molecule has 0 radical (unpaired) electrons. The number of hydrogen-bond acceptors (Lipinski definition) is 3. The van der Waals surface area contributed by atoms with Crippen molar-refractivity contribution in [2.75, 3.05) is 14.2 Å². The van der Waals surface area contributed by atoms with Gasteiger partial charge in [-0.15, -0.1) is 0 Å². The number of benzene rings is 4. The molecule has 0 atom stereocenters. The molecule has 4 aromatic carbocycles. The summed E-state index contributed by atoms with van der Waals surface area (Å²) in [6, 6.07) is 26.8. The summed E-state index contributed by atoms with van der Waals surface area (Å²) in [4.78, 5) is 0. The van der Waals surface area contributed by atoms with Gasteiger partial charge in [-0.3, -0.25) is 0 Å². The Hall–Kier alpha value is -2.76. The molecule has 0 unspecified atom stereocenters. The molecular weight excluding hydrogens is 856 g/mol. The Morgan fingerprint density at radius 1 is 0.441 bits per heavy atom. The van der Waals surface area contributed by atoms with Gasteiger partial charge in [0.2, 0.25) is 0 Å². The molecule has 6 rings (SSSR count). The number of methoxy groups -OCH3 is 2. The lowest BCUT2D eigenvalue weighted by molar-refractivity contribution is 0.302. The van der Waals surface area contributed by atoms with Crippen LogP contribution >= 0.6 is 31.9 Å². The maximum absolute atomic E-state index is 6.69. The summed E-state index contributed by atoms with van der Waals surface area (Å²) in [5, 5.41) is 0. The van der Waals surface area contributed by atoms with Crippen molar-refractivity contribution in [2.45, 2.75) is 167 Å². The van der Waals surface area contributed by atoms with E-state index in [1.165, 1.54) is 151 Å². The quantitative estimate of drug-likeness (QED) is 0.0735. The van der Waals surface area contributed by atoms with Crippen molar-refractivity contribution in [1.82, 2.24) is 0 Å². The van der Waals surface area contributed by atoms with E-state index in [1.54, 1.807) is 14.2 Å². The molecule has 3 nitrogen and oxygen atoms in total. The van der Waals surface area contributed by atoms with Crippen LogP contribution in [-0.4, -0.2) is 14.2 Å². The highest BCUT2D eigenvalue weighted by atomic mass is 79.9. The van der Waals surface area contributed by atoms with Gasteiger partial charge in [0.05, 0.1) is 23.2 Å². The van der Waals surface area contributed by atoms with E-state index in [2.05, 4.69) is 94.2 Å². The summed E-state index contributed by atoms with van der Waals surface area (Å²) in [5.41, 5.74) is 7.69. The molecule has 5 heteroatoms. The van der Waals surface area contributed by atoms with Crippen LogP contribution in [0.25, 0.3) is 0 Å². The lowest BCUT2D eigenvalue weighted by Gasteiger charge is -2.29. The first-order valence-corrected chi connectivity index (χ1v) is 25.0. The highest BCUT2D eigenvalue weighted by Crippen LogP contribution is 2.44. The Kier molecular flexibility index (Phi) is 18.6. The SMILES string of the molecule is CCCCCCCC1CCC(c2ccc(Cc3c(OC)ccc(Oc4ccc(OC)c(Cc5ccc(C6CCC(CCCCCCC)CC6)cc5)c4Br)c3Br)cc2)CC1. The molecule has 0 saturated heterocycles. The number of halogens is 2. The summed E-state index contributed by atoms with van der Waals surface area (Å²) >= 11 is 7.88. The van der Waals surface area contributed by atoms with Gasteiger partial charge >= 0.3 is 0 Å². The van der Waals surface area contributed by atoms with Gasteiger partial charge in [-0.25, -0.2) is 0 Å². The Bertz CT molecular complexity index is 1700. The van der Waals surface area contributed by atoms with Crippen LogP contribution < -0.4 is 14.2 Å². The third-order valence-electron chi connectivity index (χ3n) is 13.8. The smallest absolute Gasteiger partial charge is 0.142 e. The van der Waals surface area contributed by atoms with Crippen LogP contribution in [0.2, 0.25) is 0 Å².